The van der Waals surface area contributed by atoms with Crippen molar-refractivity contribution in [2.24, 2.45) is 16.2 Å². The van der Waals surface area contributed by atoms with Crippen LogP contribution >= 0.6 is 0 Å². The van der Waals surface area contributed by atoms with Crippen LogP contribution in [0, 0.1) is 16.2 Å². The van der Waals surface area contributed by atoms with Gasteiger partial charge in [0.25, 0.3) is 0 Å². The maximum absolute atomic E-state index is 12.1. The summed E-state index contributed by atoms with van der Waals surface area (Å²) in [5.74, 6) is -2.01. The Morgan fingerprint density at radius 2 is 1.40 bits per heavy atom. The van der Waals surface area contributed by atoms with E-state index in [4.69, 9.17) is 0 Å². The summed E-state index contributed by atoms with van der Waals surface area (Å²) in [5.41, 5.74) is -3.17. The maximum atomic E-state index is 12.1. The number of aliphatic carboxylic acids is 2. The lowest BCUT2D eigenvalue weighted by molar-refractivity contribution is -0.187. The first-order chi connectivity index (χ1) is 9.01. The molecular formula is C16H30O4. The average Bonchev–Trinajstić information content (AvgIpc) is 2.31. The molecule has 0 fully saturated rings. The molecule has 0 aliphatic carbocycles. The van der Waals surface area contributed by atoms with Crippen molar-refractivity contribution in [1.29, 1.82) is 0 Å². The minimum Gasteiger partial charge on any atom is -0.481 e. The Morgan fingerprint density at radius 3 is 1.65 bits per heavy atom. The molecule has 0 amide bonds. The summed E-state index contributed by atoms with van der Waals surface area (Å²) in [5, 5.41) is 19.6. The maximum Gasteiger partial charge on any atom is 0.311 e. The molecule has 0 aromatic carbocycles. The van der Waals surface area contributed by atoms with Crippen molar-refractivity contribution >= 4 is 11.9 Å². The number of hydrogen-bond acceptors (Lipinski definition) is 2. The van der Waals surface area contributed by atoms with Crippen molar-refractivity contribution in [2.75, 3.05) is 0 Å². The summed E-state index contributed by atoms with van der Waals surface area (Å²) >= 11 is 0. The van der Waals surface area contributed by atoms with Gasteiger partial charge < -0.3 is 10.2 Å². The molecule has 4 nitrogen and oxygen atoms in total. The van der Waals surface area contributed by atoms with Crippen LogP contribution in [0.5, 0.6) is 0 Å². The Labute approximate surface area is 122 Å². The number of carboxylic acid groups (broad SMARTS) is 2. The molecule has 0 aliphatic rings. The molecule has 0 bridgehead atoms. The van der Waals surface area contributed by atoms with E-state index in [1.165, 1.54) is 0 Å². The minimum atomic E-state index is -1.27. The molecule has 0 heterocycles. The number of unbranched alkanes of at least 4 members (excludes halogenated alkanes) is 2. The number of hydrogen-bond donors (Lipinski definition) is 2. The van der Waals surface area contributed by atoms with Crippen molar-refractivity contribution in [2.45, 2.75) is 73.6 Å². The first-order valence-electron chi connectivity index (χ1n) is 7.48. The van der Waals surface area contributed by atoms with Gasteiger partial charge in [-0.05, 0) is 25.2 Å². The standard InChI is InChI=1S/C16H30O4/c1-7-9-10-11-16(13(19)20,14(3,4)5)15(6,8-2)12(17)18/h7-11H2,1-6H3,(H,17,18)(H,19,20). The zero-order valence-corrected chi connectivity index (χ0v) is 13.7. The molecule has 0 aromatic rings. The average molecular weight is 286 g/mol. The normalized spacial score (nSPS) is 18.1. The van der Waals surface area contributed by atoms with E-state index < -0.39 is 28.2 Å². The first kappa shape index (κ1) is 18.9. The molecular weight excluding hydrogens is 256 g/mol. The van der Waals surface area contributed by atoms with Gasteiger partial charge in [0.15, 0.2) is 0 Å². The molecule has 0 aliphatic heterocycles. The third-order valence-corrected chi connectivity index (χ3v) is 4.92. The van der Waals surface area contributed by atoms with Gasteiger partial charge in [0, 0.05) is 0 Å². The fourth-order valence-electron chi connectivity index (χ4n) is 3.42. The van der Waals surface area contributed by atoms with E-state index in [0.29, 0.717) is 12.8 Å². The van der Waals surface area contributed by atoms with E-state index in [9.17, 15) is 19.8 Å². The number of carboxylic acids is 2. The van der Waals surface area contributed by atoms with E-state index in [0.717, 1.165) is 19.3 Å². The van der Waals surface area contributed by atoms with Crippen LogP contribution in [-0.2, 0) is 9.59 Å². The van der Waals surface area contributed by atoms with Gasteiger partial charge in [-0.2, -0.15) is 0 Å². The topological polar surface area (TPSA) is 74.6 Å². The molecule has 0 rings (SSSR count). The molecule has 4 heteroatoms. The summed E-state index contributed by atoms with van der Waals surface area (Å²) in [4.78, 5) is 23.9. The lowest BCUT2D eigenvalue weighted by atomic mass is 9.50. The second kappa shape index (κ2) is 6.59. The highest BCUT2D eigenvalue weighted by atomic mass is 16.4. The van der Waals surface area contributed by atoms with E-state index in [2.05, 4.69) is 6.92 Å². The van der Waals surface area contributed by atoms with Crippen molar-refractivity contribution in [3.8, 4) is 0 Å². The summed E-state index contributed by atoms with van der Waals surface area (Å²) < 4.78 is 0. The number of carbonyl (C=O) groups is 2. The third-order valence-electron chi connectivity index (χ3n) is 4.92. The van der Waals surface area contributed by atoms with E-state index in [1.54, 1.807) is 13.8 Å². The molecule has 0 saturated heterocycles. The van der Waals surface area contributed by atoms with Gasteiger partial charge in [-0.25, -0.2) is 0 Å². The van der Waals surface area contributed by atoms with Gasteiger partial charge >= 0.3 is 11.9 Å². The summed E-state index contributed by atoms with van der Waals surface area (Å²) in [6.45, 7) is 10.9. The highest BCUT2D eigenvalue weighted by Crippen LogP contribution is 2.57. The first-order valence-corrected chi connectivity index (χ1v) is 7.48. The fraction of sp³-hybridized carbons (Fsp3) is 0.875. The Balaban J connectivity index is 6.00. The molecule has 0 aromatic heterocycles. The van der Waals surface area contributed by atoms with Crippen LogP contribution in [0.3, 0.4) is 0 Å². The molecule has 0 radical (unpaired) electrons. The number of rotatable bonds is 8. The van der Waals surface area contributed by atoms with Gasteiger partial charge in [-0.1, -0.05) is 53.9 Å². The Kier molecular flexibility index (Phi) is 6.25. The van der Waals surface area contributed by atoms with Gasteiger partial charge in [0.2, 0.25) is 0 Å². The predicted octanol–water partition coefficient (Wildman–Crippen LogP) is 4.18. The molecule has 2 N–H and O–H groups in total. The monoisotopic (exact) mass is 286 g/mol. The minimum absolute atomic E-state index is 0.304. The second-order valence-electron chi connectivity index (χ2n) is 6.91. The summed E-state index contributed by atoms with van der Waals surface area (Å²) in [6.07, 6.45) is 3.34. The van der Waals surface area contributed by atoms with Crippen molar-refractivity contribution in [1.82, 2.24) is 0 Å². The predicted molar refractivity (Wildman–Crippen MR) is 79.7 cm³/mol. The molecule has 0 spiro atoms. The van der Waals surface area contributed by atoms with E-state index in [1.807, 2.05) is 20.8 Å². The lowest BCUT2D eigenvalue weighted by Gasteiger charge is -2.51. The van der Waals surface area contributed by atoms with Gasteiger partial charge in [-0.15, -0.1) is 0 Å². The third kappa shape index (κ3) is 2.99. The van der Waals surface area contributed by atoms with Crippen LogP contribution in [0.1, 0.15) is 73.6 Å². The Bertz CT molecular complexity index is 356. The molecule has 2 unspecified atom stereocenters. The van der Waals surface area contributed by atoms with E-state index >= 15 is 0 Å². The SMILES string of the molecule is CCCCCC(C(=O)O)(C(C)(C)C)C(C)(CC)C(=O)O. The van der Waals surface area contributed by atoms with Crippen molar-refractivity contribution in [3.05, 3.63) is 0 Å². The van der Waals surface area contributed by atoms with Crippen molar-refractivity contribution in [3.63, 3.8) is 0 Å². The highest BCUT2D eigenvalue weighted by Gasteiger charge is 2.62. The smallest absolute Gasteiger partial charge is 0.311 e. The summed E-state index contributed by atoms with van der Waals surface area (Å²) in [6, 6.07) is 0. The second-order valence-corrected chi connectivity index (χ2v) is 6.91. The quantitative estimate of drug-likeness (QED) is 0.656. The van der Waals surface area contributed by atoms with Gasteiger partial charge in [0.1, 0.15) is 0 Å². The molecule has 0 saturated carbocycles. The zero-order chi connectivity index (χ0) is 16.2. The summed E-state index contributed by atoms with van der Waals surface area (Å²) in [7, 11) is 0. The Hall–Kier alpha value is -1.06. The molecule has 20 heavy (non-hydrogen) atoms. The van der Waals surface area contributed by atoms with Crippen LogP contribution in [0.4, 0.5) is 0 Å². The van der Waals surface area contributed by atoms with Crippen LogP contribution in [-0.4, -0.2) is 22.2 Å². The Morgan fingerprint density at radius 1 is 0.900 bits per heavy atom. The van der Waals surface area contributed by atoms with Crippen LogP contribution in [0.2, 0.25) is 0 Å². The largest absolute Gasteiger partial charge is 0.481 e. The van der Waals surface area contributed by atoms with Crippen LogP contribution in [0.15, 0.2) is 0 Å². The lowest BCUT2D eigenvalue weighted by Crippen LogP contribution is -2.57. The molecule has 2 atom stereocenters. The van der Waals surface area contributed by atoms with Crippen LogP contribution in [0.25, 0.3) is 0 Å². The van der Waals surface area contributed by atoms with Gasteiger partial charge in [-0.3, -0.25) is 9.59 Å². The zero-order valence-electron chi connectivity index (χ0n) is 13.7. The van der Waals surface area contributed by atoms with E-state index in [-0.39, 0.29) is 0 Å². The molecule has 118 valence electrons. The highest BCUT2D eigenvalue weighted by molar-refractivity contribution is 5.87. The van der Waals surface area contributed by atoms with Crippen LogP contribution < -0.4 is 0 Å². The van der Waals surface area contributed by atoms with Crippen molar-refractivity contribution < 1.29 is 19.8 Å². The fourth-order valence-corrected chi connectivity index (χ4v) is 3.42. The van der Waals surface area contributed by atoms with Gasteiger partial charge in [0.05, 0.1) is 10.8 Å².